The van der Waals surface area contributed by atoms with E-state index in [9.17, 15) is 4.79 Å². The summed E-state index contributed by atoms with van der Waals surface area (Å²) in [6, 6.07) is 0.808. The Morgan fingerprint density at radius 3 is 2.73 bits per heavy atom. The quantitative estimate of drug-likeness (QED) is 0.371. The Bertz CT molecular complexity index is 552. The van der Waals surface area contributed by atoms with Crippen LogP contribution >= 0.6 is 24.0 Å². The molecule has 0 aromatic heterocycles. The molecule has 0 radical (unpaired) electrons. The zero-order chi connectivity index (χ0) is 17.4. The fourth-order valence-electron chi connectivity index (χ4n) is 5.42. The van der Waals surface area contributed by atoms with Crippen LogP contribution in [0, 0.1) is 11.3 Å². The SMILES string of the molecule is CCN=C(NC1CCN(C(=O)CC)C1)NC1C2CCOC2C12CCC2.I. The van der Waals surface area contributed by atoms with Gasteiger partial charge in [0.25, 0.3) is 0 Å². The Kier molecular flexibility index (Phi) is 6.37. The summed E-state index contributed by atoms with van der Waals surface area (Å²) in [4.78, 5) is 18.6. The van der Waals surface area contributed by atoms with Gasteiger partial charge < -0.3 is 20.3 Å². The molecular weight excluding hydrogens is 443 g/mol. The first kappa shape index (κ1) is 20.2. The van der Waals surface area contributed by atoms with Gasteiger partial charge in [-0.15, -0.1) is 24.0 Å². The number of nitrogens with one attached hydrogen (secondary N) is 2. The molecule has 0 aromatic carbocycles. The van der Waals surface area contributed by atoms with Crippen LogP contribution in [0.15, 0.2) is 4.99 Å². The van der Waals surface area contributed by atoms with Gasteiger partial charge in [-0.3, -0.25) is 9.79 Å². The van der Waals surface area contributed by atoms with Crippen molar-refractivity contribution in [2.75, 3.05) is 26.2 Å². The van der Waals surface area contributed by atoms with Crippen molar-refractivity contribution < 1.29 is 9.53 Å². The second-order valence-electron chi connectivity index (χ2n) is 8.10. The molecule has 2 aliphatic heterocycles. The minimum Gasteiger partial charge on any atom is -0.377 e. The summed E-state index contributed by atoms with van der Waals surface area (Å²) >= 11 is 0. The lowest BCUT2D eigenvalue weighted by Crippen LogP contribution is -2.72. The molecule has 4 fully saturated rings. The predicted octanol–water partition coefficient (Wildman–Crippen LogP) is 2.13. The second kappa shape index (κ2) is 8.20. The maximum absolute atomic E-state index is 11.9. The number of likely N-dealkylation sites (tertiary alicyclic amines) is 1. The van der Waals surface area contributed by atoms with E-state index in [2.05, 4.69) is 22.5 Å². The molecule has 2 saturated heterocycles. The summed E-state index contributed by atoms with van der Waals surface area (Å²) in [5.74, 6) is 1.83. The molecule has 6 nitrogen and oxygen atoms in total. The van der Waals surface area contributed by atoms with Crippen molar-refractivity contribution in [3.63, 3.8) is 0 Å². The van der Waals surface area contributed by atoms with Crippen LogP contribution in [0.1, 0.15) is 52.4 Å². The molecule has 2 N–H and O–H groups in total. The van der Waals surface area contributed by atoms with Crippen molar-refractivity contribution in [3.8, 4) is 0 Å². The number of carbonyl (C=O) groups excluding carboxylic acids is 1. The highest BCUT2D eigenvalue weighted by atomic mass is 127. The number of guanidine groups is 1. The van der Waals surface area contributed by atoms with E-state index in [1.54, 1.807) is 0 Å². The fraction of sp³-hybridized carbons (Fsp3) is 0.895. The zero-order valence-electron chi connectivity index (χ0n) is 16.0. The molecule has 0 bridgehead atoms. The van der Waals surface area contributed by atoms with E-state index < -0.39 is 0 Å². The lowest BCUT2D eigenvalue weighted by molar-refractivity contribution is -0.171. The number of hydrogen-bond donors (Lipinski definition) is 2. The minimum absolute atomic E-state index is 0. The third-order valence-electron chi connectivity index (χ3n) is 6.83. The van der Waals surface area contributed by atoms with Crippen molar-refractivity contribution >= 4 is 35.8 Å². The molecule has 0 aromatic rings. The zero-order valence-corrected chi connectivity index (χ0v) is 18.3. The first-order valence-electron chi connectivity index (χ1n) is 10.1. The van der Waals surface area contributed by atoms with Crippen LogP contribution in [-0.2, 0) is 9.53 Å². The Labute approximate surface area is 173 Å². The number of rotatable bonds is 4. The van der Waals surface area contributed by atoms with E-state index in [4.69, 9.17) is 4.74 Å². The maximum Gasteiger partial charge on any atom is 0.222 e. The highest BCUT2D eigenvalue weighted by Crippen LogP contribution is 2.62. The van der Waals surface area contributed by atoms with Crippen molar-refractivity contribution in [1.82, 2.24) is 15.5 Å². The molecule has 7 heteroatoms. The van der Waals surface area contributed by atoms with Gasteiger partial charge in [-0.2, -0.15) is 0 Å². The molecule has 4 atom stereocenters. The number of fused-ring (bicyclic) bond motifs is 2. The Balaban J connectivity index is 0.00000196. The summed E-state index contributed by atoms with van der Waals surface area (Å²) in [6.07, 6.45) is 7.14. The molecular formula is C19H33IN4O2. The van der Waals surface area contributed by atoms with Crippen LogP contribution in [0.4, 0.5) is 0 Å². The molecule has 148 valence electrons. The number of aliphatic imine (C=N–C) groups is 1. The molecule has 2 aliphatic carbocycles. The standard InChI is InChI=1S/C19H32N4O2.HI/c1-3-15(24)23-10-6-13(12-23)21-18(20-4-2)22-16-14-7-11-25-17(14)19(16)8-5-9-19;/h13-14,16-17H,3-12H2,1-2H3,(H2,20,21,22);1H. The summed E-state index contributed by atoms with van der Waals surface area (Å²) < 4.78 is 6.02. The van der Waals surface area contributed by atoms with E-state index in [0.717, 1.165) is 38.6 Å². The van der Waals surface area contributed by atoms with Gasteiger partial charge >= 0.3 is 0 Å². The van der Waals surface area contributed by atoms with Crippen LogP contribution in [0.2, 0.25) is 0 Å². The van der Waals surface area contributed by atoms with Gasteiger partial charge in [-0.1, -0.05) is 13.3 Å². The average Bonchev–Trinajstić information content (AvgIpc) is 3.18. The van der Waals surface area contributed by atoms with Gasteiger partial charge in [-0.05, 0) is 32.6 Å². The molecule has 1 amide bonds. The van der Waals surface area contributed by atoms with Crippen molar-refractivity contribution in [1.29, 1.82) is 0 Å². The summed E-state index contributed by atoms with van der Waals surface area (Å²) in [6.45, 7) is 7.34. The Hall–Kier alpha value is -0.570. The lowest BCUT2D eigenvalue weighted by Gasteiger charge is -2.63. The highest BCUT2D eigenvalue weighted by Gasteiger charge is 2.66. The first-order valence-corrected chi connectivity index (χ1v) is 10.1. The highest BCUT2D eigenvalue weighted by molar-refractivity contribution is 14.0. The monoisotopic (exact) mass is 476 g/mol. The third kappa shape index (κ3) is 3.34. The van der Waals surface area contributed by atoms with E-state index in [1.807, 2.05) is 11.8 Å². The van der Waals surface area contributed by atoms with E-state index >= 15 is 0 Å². The molecule has 4 unspecified atom stereocenters. The van der Waals surface area contributed by atoms with E-state index in [0.29, 0.717) is 35.9 Å². The predicted molar refractivity (Wildman–Crippen MR) is 113 cm³/mol. The van der Waals surface area contributed by atoms with Gasteiger partial charge in [0, 0.05) is 56.1 Å². The maximum atomic E-state index is 11.9. The van der Waals surface area contributed by atoms with Gasteiger partial charge in [0.1, 0.15) is 0 Å². The largest absolute Gasteiger partial charge is 0.377 e. The van der Waals surface area contributed by atoms with Crippen molar-refractivity contribution in [2.24, 2.45) is 16.3 Å². The minimum atomic E-state index is 0. The summed E-state index contributed by atoms with van der Waals surface area (Å²) in [7, 11) is 0. The Morgan fingerprint density at radius 1 is 1.27 bits per heavy atom. The van der Waals surface area contributed by atoms with Crippen LogP contribution in [0.25, 0.3) is 0 Å². The van der Waals surface area contributed by atoms with Crippen LogP contribution in [-0.4, -0.2) is 61.2 Å². The molecule has 2 saturated carbocycles. The number of carbonyl (C=O) groups is 1. The molecule has 2 heterocycles. The normalized spacial score (nSPS) is 34.5. The van der Waals surface area contributed by atoms with E-state index in [-0.39, 0.29) is 29.9 Å². The first-order chi connectivity index (χ1) is 12.2. The topological polar surface area (TPSA) is 66.0 Å². The lowest BCUT2D eigenvalue weighted by atomic mass is 9.46. The second-order valence-corrected chi connectivity index (χ2v) is 8.10. The van der Waals surface area contributed by atoms with Crippen molar-refractivity contribution in [2.45, 2.75) is 70.6 Å². The van der Waals surface area contributed by atoms with Gasteiger partial charge in [0.05, 0.1) is 6.10 Å². The average molecular weight is 476 g/mol. The van der Waals surface area contributed by atoms with Gasteiger partial charge in [-0.25, -0.2) is 0 Å². The number of amides is 1. The summed E-state index contributed by atoms with van der Waals surface area (Å²) in [5.41, 5.74) is 0.358. The van der Waals surface area contributed by atoms with E-state index in [1.165, 1.54) is 25.7 Å². The number of hydrogen-bond acceptors (Lipinski definition) is 3. The number of ether oxygens (including phenoxy) is 1. The van der Waals surface area contributed by atoms with Gasteiger partial charge in [0.2, 0.25) is 5.91 Å². The molecule has 4 rings (SSSR count). The number of nitrogens with zero attached hydrogens (tertiary/aromatic N) is 2. The smallest absolute Gasteiger partial charge is 0.222 e. The van der Waals surface area contributed by atoms with Crippen LogP contribution in [0.5, 0.6) is 0 Å². The van der Waals surface area contributed by atoms with Crippen LogP contribution in [0.3, 0.4) is 0 Å². The third-order valence-corrected chi connectivity index (χ3v) is 6.83. The van der Waals surface area contributed by atoms with Crippen molar-refractivity contribution in [3.05, 3.63) is 0 Å². The molecule has 1 spiro atoms. The molecule has 4 aliphatic rings. The summed E-state index contributed by atoms with van der Waals surface area (Å²) in [5, 5.41) is 7.35. The van der Waals surface area contributed by atoms with Crippen LogP contribution < -0.4 is 10.6 Å². The fourth-order valence-corrected chi connectivity index (χ4v) is 5.42. The Morgan fingerprint density at radius 2 is 2.08 bits per heavy atom. The molecule has 26 heavy (non-hydrogen) atoms. The number of halogens is 1. The van der Waals surface area contributed by atoms with Gasteiger partial charge in [0.15, 0.2) is 5.96 Å².